The molecular weight excluding hydrogens is 242 g/mol. The van der Waals surface area contributed by atoms with E-state index >= 15 is 0 Å². The second kappa shape index (κ2) is 5.39. The molecule has 1 aromatic carbocycles. The molecule has 104 valence electrons. The van der Waals surface area contributed by atoms with Crippen LogP contribution in [0.5, 0.6) is 11.5 Å². The predicted octanol–water partition coefficient (Wildman–Crippen LogP) is 2.01. The molecule has 2 unspecified atom stereocenters. The molecule has 0 radical (unpaired) electrons. The number of nitrogens with zero attached hydrogens (tertiary/aromatic N) is 1. The lowest BCUT2D eigenvalue weighted by Crippen LogP contribution is -2.29. The van der Waals surface area contributed by atoms with Crippen LogP contribution in [-0.4, -0.2) is 36.5 Å². The van der Waals surface area contributed by atoms with Gasteiger partial charge in [-0.05, 0) is 31.9 Å². The Morgan fingerprint density at radius 3 is 3.00 bits per heavy atom. The lowest BCUT2D eigenvalue weighted by Gasteiger charge is -2.23. The Morgan fingerprint density at radius 2 is 2.21 bits per heavy atom. The summed E-state index contributed by atoms with van der Waals surface area (Å²) in [6.07, 6.45) is 3.12. The van der Waals surface area contributed by atoms with Crippen LogP contribution in [0.15, 0.2) is 18.2 Å². The van der Waals surface area contributed by atoms with Gasteiger partial charge in [-0.1, -0.05) is 18.6 Å². The van der Waals surface area contributed by atoms with Crippen LogP contribution in [0, 0.1) is 5.92 Å². The first kappa shape index (κ1) is 12.8. The zero-order chi connectivity index (χ0) is 13.2. The number of benzene rings is 1. The number of para-hydroxylation sites is 1. The van der Waals surface area contributed by atoms with Gasteiger partial charge in [0.1, 0.15) is 0 Å². The van der Waals surface area contributed by atoms with Crippen molar-refractivity contribution in [1.82, 2.24) is 4.90 Å². The van der Waals surface area contributed by atoms with Gasteiger partial charge in [0, 0.05) is 18.7 Å². The van der Waals surface area contributed by atoms with E-state index in [1.165, 1.54) is 0 Å². The maximum Gasteiger partial charge on any atom is 0.231 e. The summed E-state index contributed by atoms with van der Waals surface area (Å²) < 4.78 is 10.9. The van der Waals surface area contributed by atoms with Crippen LogP contribution >= 0.6 is 0 Å². The van der Waals surface area contributed by atoms with Crippen LogP contribution in [-0.2, 0) is 6.54 Å². The van der Waals surface area contributed by atoms with E-state index in [0.29, 0.717) is 12.7 Å². The maximum absolute atomic E-state index is 9.89. The third-order valence-corrected chi connectivity index (χ3v) is 4.08. The average Bonchev–Trinajstić information content (AvgIpc) is 3.00. The Bertz CT molecular complexity index is 449. The van der Waals surface area contributed by atoms with Gasteiger partial charge < -0.3 is 19.5 Å². The third kappa shape index (κ3) is 2.69. The fourth-order valence-corrected chi connectivity index (χ4v) is 3.10. The van der Waals surface area contributed by atoms with Crippen molar-refractivity contribution >= 4 is 0 Å². The van der Waals surface area contributed by atoms with Gasteiger partial charge in [-0.15, -0.1) is 0 Å². The van der Waals surface area contributed by atoms with Crippen molar-refractivity contribution in [2.75, 3.05) is 20.4 Å². The molecule has 19 heavy (non-hydrogen) atoms. The summed E-state index contributed by atoms with van der Waals surface area (Å²) in [5.41, 5.74) is 1.16. The van der Waals surface area contributed by atoms with Gasteiger partial charge in [-0.25, -0.2) is 0 Å². The van der Waals surface area contributed by atoms with Crippen LogP contribution < -0.4 is 9.47 Å². The van der Waals surface area contributed by atoms with Crippen LogP contribution in [0.2, 0.25) is 0 Å². The SMILES string of the molecule is CN(Cc1cccc2c1OCO2)CC1CCCC1O. The minimum atomic E-state index is -0.122. The smallest absolute Gasteiger partial charge is 0.231 e. The number of ether oxygens (including phenoxy) is 2. The number of hydrogen-bond acceptors (Lipinski definition) is 4. The normalized spacial score (nSPS) is 25.2. The van der Waals surface area contributed by atoms with Crippen molar-refractivity contribution in [3.63, 3.8) is 0 Å². The molecule has 1 aliphatic heterocycles. The molecule has 0 spiro atoms. The van der Waals surface area contributed by atoms with E-state index in [1.54, 1.807) is 0 Å². The van der Waals surface area contributed by atoms with Crippen molar-refractivity contribution in [3.8, 4) is 11.5 Å². The Labute approximate surface area is 113 Å². The molecule has 0 saturated heterocycles. The number of rotatable bonds is 4. The quantitative estimate of drug-likeness (QED) is 0.902. The fraction of sp³-hybridized carbons (Fsp3) is 0.600. The van der Waals surface area contributed by atoms with E-state index < -0.39 is 0 Å². The Kier molecular flexibility index (Phi) is 3.62. The van der Waals surface area contributed by atoms with E-state index in [-0.39, 0.29) is 6.10 Å². The summed E-state index contributed by atoms with van der Waals surface area (Å²) in [5.74, 6) is 2.13. The van der Waals surface area contributed by atoms with Crippen LogP contribution in [0.25, 0.3) is 0 Å². The molecule has 2 aliphatic rings. The van der Waals surface area contributed by atoms with E-state index in [9.17, 15) is 5.11 Å². The van der Waals surface area contributed by atoms with Gasteiger partial charge in [0.15, 0.2) is 11.5 Å². The lowest BCUT2D eigenvalue weighted by molar-refractivity contribution is 0.107. The molecule has 0 amide bonds. The average molecular weight is 263 g/mol. The van der Waals surface area contributed by atoms with E-state index in [4.69, 9.17) is 9.47 Å². The van der Waals surface area contributed by atoms with Gasteiger partial charge >= 0.3 is 0 Å². The van der Waals surface area contributed by atoms with Gasteiger partial charge in [0.05, 0.1) is 6.10 Å². The fourth-order valence-electron chi connectivity index (χ4n) is 3.10. The van der Waals surface area contributed by atoms with Crippen LogP contribution in [0.3, 0.4) is 0 Å². The molecule has 2 atom stereocenters. The van der Waals surface area contributed by atoms with Crippen LogP contribution in [0.1, 0.15) is 24.8 Å². The molecule has 4 heteroatoms. The van der Waals surface area contributed by atoms with Crippen molar-refractivity contribution in [2.24, 2.45) is 5.92 Å². The molecule has 4 nitrogen and oxygen atoms in total. The van der Waals surface area contributed by atoms with E-state index in [0.717, 1.165) is 49.4 Å². The number of fused-ring (bicyclic) bond motifs is 1. The minimum absolute atomic E-state index is 0.122. The van der Waals surface area contributed by atoms with Crippen molar-refractivity contribution in [2.45, 2.75) is 31.9 Å². The Morgan fingerprint density at radius 1 is 1.32 bits per heavy atom. The minimum Gasteiger partial charge on any atom is -0.454 e. The number of aliphatic hydroxyl groups is 1. The number of aliphatic hydroxyl groups excluding tert-OH is 1. The Hall–Kier alpha value is -1.26. The summed E-state index contributed by atoms with van der Waals surface area (Å²) >= 11 is 0. The van der Waals surface area contributed by atoms with Gasteiger partial charge in [0.25, 0.3) is 0 Å². The van der Waals surface area contributed by atoms with E-state index in [2.05, 4.69) is 18.0 Å². The third-order valence-electron chi connectivity index (χ3n) is 4.08. The highest BCUT2D eigenvalue weighted by molar-refractivity contribution is 5.48. The van der Waals surface area contributed by atoms with Gasteiger partial charge in [0.2, 0.25) is 6.79 Å². The first-order chi connectivity index (χ1) is 9.24. The highest BCUT2D eigenvalue weighted by atomic mass is 16.7. The van der Waals surface area contributed by atoms with Gasteiger partial charge in [-0.2, -0.15) is 0 Å². The summed E-state index contributed by atoms with van der Waals surface area (Å²) in [6.45, 7) is 2.08. The zero-order valence-corrected chi connectivity index (χ0v) is 11.3. The standard InChI is InChI=1S/C15H21NO3/c1-16(8-11-4-2-6-13(11)17)9-12-5-3-7-14-15(12)19-10-18-14/h3,5,7,11,13,17H,2,4,6,8-10H2,1H3. The highest BCUT2D eigenvalue weighted by Gasteiger charge is 2.26. The largest absolute Gasteiger partial charge is 0.454 e. The summed E-state index contributed by atoms with van der Waals surface area (Å²) in [6, 6.07) is 6.02. The predicted molar refractivity (Wildman–Crippen MR) is 72.2 cm³/mol. The van der Waals surface area contributed by atoms with Crippen molar-refractivity contribution < 1.29 is 14.6 Å². The molecular formula is C15H21NO3. The second-order valence-corrected chi connectivity index (χ2v) is 5.61. The molecule has 1 aromatic rings. The number of hydrogen-bond donors (Lipinski definition) is 1. The maximum atomic E-state index is 9.89. The summed E-state index contributed by atoms with van der Waals surface area (Å²) in [4.78, 5) is 2.26. The molecule has 1 N–H and O–H groups in total. The zero-order valence-electron chi connectivity index (χ0n) is 11.3. The lowest BCUT2D eigenvalue weighted by atomic mass is 10.1. The summed E-state index contributed by atoms with van der Waals surface area (Å²) in [5, 5.41) is 9.89. The second-order valence-electron chi connectivity index (χ2n) is 5.61. The topological polar surface area (TPSA) is 41.9 Å². The molecule has 1 fully saturated rings. The molecule has 0 bridgehead atoms. The van der Waals surface area contributed by atoms with Crippen LogP contribution in [0.4, 0.5) is 0 Å². The Balaban J connectivity index is 1.63. The van der Waals surface area contributed by atoms with E-state index in [1.807, 2.05) is 12.1 Å². The highest BCUT2D eigenvalue weighted by Crippen LogP contribution is 2.36. The van der Waals surface area contributed by atoms with Gasteiger partial charge in [-0.3, -0.25) is 0 Å². The monoisotopic (exact) mass is 263 g/mol. The molecule has 0 aromatic heterocycles. The van der Waals surface area contributed by atoms with Crippen molar-refractivity contribution in [3.05, 3.63) is 23.8 Å². The van der Waals surface area contributed by atoms with Crippen molar-refractivity contribution in [1.29, 1.82) is 0 Å². The summed E-state index contributed by atoms with van der Waals surface area (Å²) in [7, 11) is 2.10. The molecule has 1 aliphatic carbocycles. The molecule has 3 rings (SSSR count). The molecule has 1 heterocycles. The molecule has 1 saturated carbocycles. The first-order valence-corrected chi connectivity index (χ1v) is 6.98. The first-order valence-electron chi connectivity index (χ1n) is 6.98.